The van der Waals surface area contributed by atoms with Crippen LogP contribution >= 0.6 is 0 Å². The molecule has 3 aromatic carbocycles. The fraction of sp³-hybridized carbons (Fsp3) is 0.436. The van der Waals surface area contributed by atoms with Gasteiger partial charge in [0.2, 0.25) is 11.8 Å². The Balaban J connectivity index is 0.823. The number of hydrogen-bond donors (Lipinski definition) is 3. The smallest absolute Gasteiger partial charge is 0.255 e. The fourth-order valence-electron chi connectivity index (χ4n) is 8.35. The summed E-state index contributed by atoms with van der Waals surface area (Å²) in [6.45, 7) is 6.76. The summed E-state index contributed by atoms with van der Waals surface area (Å²) >= 11 is 0. The van der Waals surface area contributed by atoms with E-state index in [-0.39, 0.29) is 18.2 Å². The number of aromatic nitrogens is 2. The van der Waals surface area contributed by atoms with Crippen LogP contribution in [0.25, 0.3) is 10.9 Å². The van der Waals surface area contributed by atoms with Gasteiger partial charge in [-0.05, 0) is 92.1 Å². The zero-order chi connectivity index (χ0) is 34.6. The van der Waals surface area contributed by atoms with Crippen LogP contribution in [0.4, 0.5) is 11.4 Å². The average Bonchev–Trinajstić information content (AvgIpc) is 3.60. The molecule has 3 amide bonds. The Morgan fingerprint density at radius 3 is 2.44 bits per heavy atom. The number of nitrogens with one attached hydrogen (secondary N) is 2. The molecule has 50 heavy (non-hydrogen) atoms. The highest BCUT2D eigenvalue weighted by atomic mass is 16.3. The first kappa shape index (κ1) is 32.5. The molecule has 260 valence electrons. The van der Waals surface area contributed by atoms with Crippen LogP contribution in [0, 0.1) is 6.92 Å². The molecule has 4 aliphatic heterocycles. The summed E-state index contributed by atoms with van der Waals surface area (Å²) in [5.74, 6) is -0.905. The summed E-state index contributed by atoms with van der Waals surface area (Å²) in [4.78, 5) is 43.6. The van der Waals surface area contributed by atoms with Crippen molar-refractivity contribution in [2.24, 2.45) is 7.05 Å². The molecule has 0 aliphatic carbocycles. The van der Waals surface area contributed by atoms with Crippen molar-refractivity contribution in [1.82, 2.24) is 24.9 Å². The molecule has 1 unspecified atom stereocenters. The lowest BCUT2D eigenvalue weighted by Gasteiger charge is -2.39. The fourth-order valence-corrected chi connectivity index (χ4v) is 8.35. The number of hydrogen-bond acceptors (Lipinski definition) is 8. The van der Waals surface area contributed by atoms with Crippen molar-refractivity contribution in [3.05, 3.63) is 88.6 Å². The minimum absolute atomic E-state index is 0.194. The maximum absolute atomic E-state index is 13.1. The van der Waals surface area contributed by atoms with E-state index in [0.29, 0.717) is 37.4 Å². The number of amides is 3. The zero-order valence-electron chi connectivity index (χ0n) is 28.8. The van der Waals surface area contributed by atoms with E-state index in [2.05, 4.69) is 74.9 Å². The number of imide groups is 1. The van der Waals surface area contributed by atoms with Gasteiger partial charge >= 0.3 is 0 Å². The van der Waals surface area contributed by atoms with Crippen molar-refractivity contribution in [3.8, 4) is 0 Å². The lowest BCUT2D eigenvalue weighted by molar-refractivity contribution is -0.136. The van der Waals surface area contributed by atoms with Crippen LogP contribution in [0.1, 0.15) is 71.3 Å². The van der Waals surface area contributed by atoms with Gasteiger partial charge in [0.05, 0.1) is 16.8 Å². The highest BCUT2D eigenvalue weighted by molar-refractivity contribution is 6.05. The number of rotatable bonds is 7. The largest absolute Gasteiger partial charge is 0.385 e. The predicted molar refractivity (Wildman–Crippen MR) is 192 cm³/mol. The molecule has 0 radical (unpaired) electrons. The summed E-state index contributed by atoms with van der Waals surface area (Å²) in [6, 6.07) is 20.9. The number of carbonyl (C=O) groups is 3. The zero-order valence-corrected chi connectivity index (χ0v) is 28.8. The summed E-state index contributed by atoms with van der Waals surface area (Å²) < 4.78 is 1.95. The minimum atomic E-state index is -0.966. The van der Waals surface area contributed by atoms with Crippen molar-refractivity contribution in [2.45, 2.75) is 76.2 Å². The molecule has 1 aromatic heterocycles. The van der Waals surface area contributed by atoms with Crippen LogP contribution < -0.4 is 15.5 Å². The third kappa shape index (κ3) is 6.13. The number of nitrogens with zero attached hydrogens (tertiary/aromatic N) is 5. The van der Waals surface area contributed by atoms with Crippen LogP contribution in [0.15, 0.2) is 60.7 Å². The van der Waals surface area contributed by atoms with Crippen LogP contribution in [-0.2, 0) is 35.3 Å². The van der Waals surface area contributed by atoms with Gasteiger partial charge in [-0.3, -0.25) is 29.3 Å². The number of piperidine rings is 3. The molecule has 4 aliphatic rings. The molecule has 8 rings (SSSR count). The number of benzene rings is 3. The first-order valence-corrected chi connectivity index (χ1v) is 17.9. The highest BCUT2D eigenvalue weighted by Crippen LogP contribution is 2.37. The van der Waals surface area contributed by atoms with E-state index in [4.69, 9.17) is 0 Å². The Morgan fingerprint density at radius 2 is 1.70 bits per heavy atom. The molecule has 3 fully saturated rings. The Bertz CT molecular complexity index is 1950. The first-order valence-electron chi connectivity index (χ1n) is 17.9. The SMILES string of the molecule is Cc1nn(C)c2cc(NC3CCN(c4ccc(CN5CCC(O)(c6ccc7c(c6)CN(C6CCC(=O)NC6=O)C7=O)CC5)cc4)CC3)ccc12. The second kappa shape index (κ2) is 12.9. The van der Waals surface area contributed by atoms with E-state index in [9.17, 15) is 19.5 Å². The third-order valence-corrected chi connectivity index (χ3v) is 11.4. The number of anilines is 2. The molecule has 11 nitrogen and oxygen atoms in total. The van der Waals surface area contributed by atoms with Gasteiger partial charge in [0.1, 0.15) is 6.04 Å². The summed E-state index contributed by atoms with van der Waals surface area (Å²) in [5.41, 5.74) is 7.15. The van der Waals surface area contributed by atoms with Crippen molar-refractivity contribution in [3.63, 3.8) is 0 Å². The first-order chi connectivity index (χ1) is 24.1. The van der Waals surface area contributed by atoms with Crippen LogP contribution in [0.2, 0.25) is 0 Å². The standard InChI is InChI=1S/C39H45N7O4/c1-25-32-10-6-30(22-35(32)43(2)42-25)40-29-13-17-45(18-14-29)31-7-3-26(4-8-31)23-44-19-15-39(50,16-20-44)28-5-9-33-27(21-28)24-46(38(33)49)34-11-12-36(47)41-37(34)48/h3-10,21-22,29,34,40,50H,11-20,23-24H2,1-2H3,(H,41,47,48). The Kier molecular flexibility index (Phi) is 8.35. The Hall–Kier alpha value is -4.74. The molecule has 4 aromatic rings. The molecule has 5 heterocycles. The monoisotopic (exact) mass is 675 g/mol. The lowest BCUT2D eigenvalue weighted by atomic mass is 9.83. The number of fused-ring (bicyclic) bond motifs is 2. The predicted octanol–water partition coefficient (Wildman–Crippen LogP) is 4.21. The van der Waals surface area contributed by atoms with Crippen molar-refractivity contribution >= 4 is 40.0 Å². The number of aliphatic hydroxyl groups is 1. The van der Waals surface area contributed by atoms with Crippen molar-refractivity contribution in [2.75, 3.05) is 36.4 Å². The summed E-state index contributed by atoms with van der Waals surface area (Å²) in [6.07, 6.45) is 3.94. The molecule has 0 saturated carbocycles. The maximum atomic E-state index is 13.1. The van der Waals surface area contributed by atoms with E-state index in [1.807, 2.05) is 23.9 Å². The van der Waals surface area contributed by atoms with Crippen molar-refractivity contribution in [1.29, 1.82) is 0 Å². The molecule has 0 bridgehead atoms. The normalized spacial score (nSPS) is 21.5. The number of aryl methyl sites for hydroxylation is 2. The molecule has 3 N–H and O–H groups in total. The molecular weight excluding hydrogens is 630 g/mol. The van der Waals surface area contributed by atoms with Gasteiger partial charge in [0.25, 0.3) is 5.91 Å². The molecule has 11 heteroatoms. The van der Waals surface area contributed by atoms with Crippen LogP contribution in [-0.4, -0.2) is 80.7 Å². The Morgan fingerprint density at radius 1 is 0.940 bits per heavy atom. The number of likely N-dealkylation sites (tertiary alicyclic amines) is 1. The summed E-state index contributed by atoms with van der Waals surface area (Å²) in [7, 11) is 2.00. The van der Waals surface area contributed by atoms with Crippen LogP contribution in [0.3, 0.4) is 0 Å². The minimum Gasteiger partial charge on any atom is -0.385 e. The van der Waals surface area contributed by atoms with E-state index in [0.717, 1.165) is 73.6 Å². The van der Waals surface area contributed by atoms with Gasteiger partial charge in [0, 0.05) is 81.1 Å². The van der Waals surface area contributed by atoms with Crippen molar-refractivity contribution < 1.29 is 19.5 Å². The Labute approximate surface area is 292 Å². The summed E-state index contributed by atoms with van der Waals surface area (Å²) in [5, 5.41) is 23.6. The molecular formula is C39H45N7O4. The topological polar surface area (TPSA) is 123 Å². The average molecular weight is 676 g/mol. The highest BCUT2D eigenvalue weighted by Gasteiger charge is 2.41. The lowest BCUT2D eigenvalue weighted by Crippen LogP contribution is -2.52. The van der Waals surface area contributed by atoms with E-state index >= 15 is 0 Å². The second-order valence-corrected chi connectivity index (χ2v) is 14.6. The van der Waals surface area contributed by atoms with E-state index < -0.39 is 17.6 Å². The molecule has 3 saturated heterocycles. The van der Waals surface area contributed by atoms with Crippen LogP contribution in [0.5, 0.6) is 0 Å². The third-order valence-electron chi connectivity index (χ3n) is 11.4. The molecule has 0 spiro atoms. The van der Waals surface area contributed by atoms with E-state index in [1.54, 1.807) is 11.0 Å². The maximum Gasteiger partial charge on any atom is 0.255 e. The quantitative estimate of drug-likeness (QED) is 0.249. The number of carbonyl (C=O) groups excluding carboxylic acids is 3. The van der Waals surface area contributed by atoms with Gasteiger partial charge in [-0.2, -0.15) is 5.10 Å². The van der Waals surface area contributed by atoms with Gasteiger partial charge in [0.15, 0.2) is 0 Å². The molecule has 1 atom stereocenters. The van der Waals surface area contributed by atoms with Gasteiger partial charge in [-0.25, -0.2) is 0 Å². The van der Waals surface area contributed by atoms with Gasteiger partial charge in [-0.1, -0.05) is 24.3 Å². The second-order valence-electron chi connectivity index (χ2n) is 14.6. The van der Waals surface area contributed by atoms with Gasteiger partial charge in [-0.15, -0.1) is 0 Å². The van der Waals surface area contributed by atoms with E-state index in [1.165, 1.54) is 16.6 Å². The van der Waals surface area contributed by atoms with Gasteiger partial charge < -0.3 is 20.2 Å².